The van der Waals surface area contributed by atoms with E-state index in [0.29, 0.717) is 13.1 Å². The molecule has 21 heavy (non-hydrogen) atoms. The van der Waals surface area contributed by atoms with Crippen molar-refractivity contribution >= 4 is 11.6 Å². The first-order valence-corrected chi connectivity index (χ1v) is 7.31. The maximum atomic E-state index is 13.0. The monoisotopic (exact) mass is 281 g/mol. The van der Waals surface area contributed by atoms with E-state index < -0.39 is 0 Å². The molecule has 0 radical (unpaired) electrons. The molecule has 108 valence electrons. The van der Waals surface area contributed by atoms with E-state index in [1.165, 1.54) is 5.56 Å². The molecule has 0 bridgehead atoms. The summed E-state index contributed by atoms with van der Waals surface area (Å²) in [5, 5.41) is 3.34. The number of hydrogen-bond donors (Lipinski definition) is 1. The van der Waals surface area contributed by atoms with Crippen molar-refractivity contribution in [2.75, 3.05) is 18.0 Å². The van der Waals surface area contributed by atoms with Crippen molar-refractivity contribution in [3.8, 4) is 0 Å². The van der Waals surface area contributed by atoms with Gasteiger partial charge < -0.3 is 10.2 Å². The molecule has 2 heterocycles. The average molecular weight is 281 g/mol. The van der Waals surface area contributed by atoms with E-state index in [2.05, 4.69) is 22.4 Å². The molecular formula is C17H19N3O. The molecule has 1 atom stereocenters. The molecule has 1 aliphatic rings. The molecule has 0 spiro atoms. The quantitative estimate of drug-likeness (QED) is 0.939. The number of amides is 1. The fourth-order valence-corrected chi connectivity index (χ4v) is 2.89. The van der Waals surface area contributed by atoms with Crippen LogP contribution < -0.4 is 10.2 Å². The summed E-state index contributed by atoms with van der Waals surface area (Å²) in [4.78, 5) is 18.8. The van der Waals surface area contributed by atoms with Crippen LogP contribution in [0, 0.1) is 0 Å². The van der Waals surface area contributed by atoms with E-state index in [9.17, 15) is 4.79 Å². The van der Waals surface area contributed by atoms with Crippen LogP contribution in [-0.4, -0.2) is 24.0 Å². The van der Waals surface area contributed by atoms with Crippen LogP contribution in [0.15, 0.2) is 48.8 Å². The Labute approximate surface area is 124 Å². The number of nitrogens with one attached hydrogen (secondary N) is 1. The number of anilines is 1. The first-order valence-electron chi connectivity index (χ1n) is 7.31. The van der Waals surface area contributed by atoms with Gasteiger partial charge in [0.25, 0.3) is 0 Å². The van der Waals surface area contributed by atoms with Crippen LogP contribution in [0.1, 0.15) is 24.0 Å². The largest absolute Gasteiger partial charge is 0.312 e. The van der Waals surface area contributed by atoms with Crippen LogP contribution >= 0.6 is 0 Å². The molecule has 2 aromatic rings. The first-order chi connectivity index (χ1) is 10.3. The Balaban J connectivity index is 1.92. The summed E-state index contributed by atoms with van der Waals surface area (Å²) in [6, 6.07) is 11.9. The van der Waals surface area contributed by atoms with E-state index in [1.54, 1.807) is 12.4 Å². The van der Waals surface area contributed by atoms with Gasteiger partial charge in [0.05, 0.1) is 5.92 Å². The average Bonchev–Trinajstić information content (AvgIpc) is 2.56. The van der Waals surface area contributed by atoms with Crippen LogP contribution in [-0.2, 0) is 11.3 Å². The summed E-state index contributed by atoms with van der Waals surface area (Å²) in [5.74, 6) is 0.0198. The minimum absolute atomic E-state index is 0.122. The zero-order valence-electron chi connectivity index (χ0n) is 12.1. The van der Waals surface area contributed by atoms with Gasteiger partial charge in [-0.05, 0) is 30.2 Å². The zero-order valence-corrected chi connectivity index (χ0v) is 12.1. The molecule has 1 unspecified atom stereocenters. The molecule has 4 heteroatoms. The predicted molar refractivity (Wildman–Crippen MR) is 83.2 cm³/mol. The van der Waals surface area contributed by atoms with E-state index in [-0.39, 0.29) is 11.8 Å². The topological polar surface area (TPSA) is 45.2 Å². The van der Waals surface area contributed by atoms with Gasteiger partial charge in [0, 0.05) is 37.7 Å². The maximum absolute atomic E-state index is 13.0. The van der Waals surface area contributed by atoms with Crippen LogP contribution in [0.2, 0.25) is 0 Å². The molecule has 1 amide bonds. The van der Waals surface area contributed by atoms with Crippen molar-refractivity contribution in [1.29, 1.82) is 0 Å². The number of fused-ring (bicyclic) bond motifs is 1. The SMILES string of the molecule is CCN(C(=O)C1CNCc2ccccc21)c1ccncc1. The van der Waals surface area contributed by atoms with Crippen LogP contribution in [0.5, 0.6) is 0 Å². The second-order valence-electron chi connectivity index (χ2n) is 5.17. The van der Waals surface area contributed by atoms with Crippen LogP contribution in [0.4, 0.5) is 5.69 Å². The van der Waals surface area contributed by atoms with Gasteiger partial charge >= 0.3 is 0 Å². The van der Waals surface area contributed by atoms with Gasteiger partial charge in [-0.1, -0.05) is 24.3 Å². The number of rotatable bonds is 3. The lowest BCUT2D eigenvalue weighted by molar-refractivity contribution is -0.120. The molecule has 1 aromatic carbocycles. The van der Waals surface area contributed by atoms with E-state index in [0.717, 1.165) is 17.8 Å². The minimum Gasteiger partial charge on any atom is -0.312 e. The van der Waals surface area contributed by atoms with Gasteiger partial charge in [-0.25, -0.2) is 0 Å². The highest BCUT2D eigenvalue weighted by Crippen LogP contribution is 2.27. The summed E-state index contributed by atoms with van der Waals surface area (Å²) >= 11 is 0. The predicted octanol–water partition coefficient (Wildman–Crippen LogP) is 2.32. The first kappa shape index (κ1) is 13.8. The van der Waals surface area contributed by atoms with Crippen molar-refractivity contribution in [2.45, 2.75) is 19.4 Å². The lowest BCUT2D eigenvalue weighted by atomic mass is 9.89. The minimum atomic E-state index is -0.122. The molecule has 0 saturated carbocycles. The number of carbonyl (C=O) groups is 1. The number of likely N-dealkylation sites (N-methyl/N-ethyl adjacent to an activating group) is 1. The molecule has 1 N–H and O–H groups in total. The number of carbonyl (C=O) groups excluding carboxylic acids is 1. The third kappa shape index (κ3) is 2.67. The van der Waals surface area contributed by atoms with E-state index in [4.69, 9.17) is 0 Å². The summed E-state index contributed by atoms with van der Waals surface area (Å²) in [7, 11) is 0. The third-order valence-corrected chi connectivity index (χ3v) is 3.95. The molecule has 0 aliphatic carbocycles. The lowest BCUT2D eigenvalue weighted by Gasteiger charge is -2.30. The molecule has 0 fully saturated rings. The van der Waals surface area contributed by atoms with Gasteiger partial charge in [-0.15, -0.1) is 0 Å². The normalized spacial score (nSPS) is 17.1. The molecule has 1 aliphatic heterocycles. The fraction of sp³-hybridized carbons (Fsp3) is 0.294. The lowest BCUT2D eigenvalue weighted by Crippen LogP contribution is -2.41. The standard InChI is InChI=1S/C17H19N3O/c1-2-20(14-7-9-18-10-8-14)17(21)16-12-19-11-13-5-3-4-6-15(13)16/h3-10,16,19H,2,11-12H2,1H3. The summed E-state index contributed by atoms with van der Waals surface area (Å²) in [6.45, 7) is 4.18. The number of benzene rings is 1. The van der Waals surface area contributed by atoms with Gasteiger partial charge in [0.15, 0.2) is 0 Å². The molecule has 1 aromatic heterocycles. The Morgan fingerprint density at radius 1 is 1.29 bits per heavy atom. The number of nitrogens with zero attached hydrogens (tertiary/aromatic N) is 2. The van der Waals surface area contributed by atoms with Gasteiger partial charge in [-0.2, -0.15) is 0 Å². The van der Waals surface area contributed by atoms with Gasteiger partial charge in [0.2, 0.25) is 5.91 Å². The number of pyridine rings is 1. The molecular weight excluding hydrogens is 262 g/mol. The Morgan fingerprint density at radius 3 is 2.81 bits per heavy atom. The van der Waals surface area contributed by atoms with E-state index >= 15 is 0 Å². The summed E-state index contributed by atoms with van der Waals surface area (Å²) in [5.41, 5.74) is 3.27. The van der Waals surface area contributed by atoms with Crippen LogP contribution in [0.3, 0.4) is 0 Å². The Kier molecular flexibility index (Phi) is 3.97. The molecule has 3 rings (SSSR count). The Hall–Kier alpha value is -2.20. The Bertz CT molecular complexity index is 627. The second-order valence-corrected chi connectivity index (χ2v) is 5.17. The van der Waals surface area contributed by atoms with Gasteiger partial charge in [0.1, 0.15) is 0 Å². The van der Waals surface area contributed by atoms with Crippen molar-refractivity contribution in [1.82, 2.24) is 10.3 Å². The van der Waals surface area contributed by atoms with Crippen molar-refractivity contribution in [2.24, 2.45) is 0 Å². The fourth-order valence-electron chi connectivity index (χ4n) is 2.89. The molecule has 4 nitrogen and oxygen atoms in total. The Morgan fingerprint density at radius 2 is 2.05 bits per heavy atom. The zero-order chi connectivity index (χ0) is 14.7. The van der Waals surface area contributed by atoms with Crippen molar-refractivity contribution < 1.29 is 4.79 Å². The van der Waals surface area contributed by atoms with Crippen LogP contribution in [0.25, 0.3) is 0 Å². The highest BCUT2D eigenvalue weighted by Gasteiger charge is 2.29. The third-order valence-electron chi connectivity index (χ3n) is 3.95. The highest BCUT2D eigenvalue weighted by molar-refractivity contribution is 5.98. The smallest absolute Gasteiger partial charge is 0.235 e. The number of hydrogen-bond acceptors (Lipinski definition) is 3. The maximum Gasteiger partial charge on any atom is 0.235 e. The second kappa shape index (κ2) is 6.06. The van der Waals surface area contributed by atoms with Crippen molar-refractivity contribution in [3.63, 3.8) is 0 Å². The van der Waals surface area contributed by atoms with Gasteiger partial charge in [-0.3, -0.25) is 9.78 Å². The summed E-state index contributed by atoms with van der Waals surface area (Å²) < 4.78 is 0. The van der Waals surface area contributed by atoms with E-state index in [1.807, 2.05) is 36.1 Å². The highest BCUT2D eigenvalue weighted by atomic mass is 16.2. The van der Waals surface area contributed by atoms with Crippen molar-refractivity contribution in [3.05, 3.63) is 59.9 Å². The number of aromatic nitrogens is 1. The molecule has 0 saturated heterocycles. The summed E-state index contributed by atoms with van der Waals surface area (Å²) in [6.07, 6.45) is 3.44.